The molecule has 1 unspecified atom stereocenters. The highest BCUT2D eigenvalue weighted by Gasteiger charge is 2.29. The van der Waals surface area contributed by atoms with Crippen molar-refractivity contribution in [1.29, 1.82) is 0 Å². The van der Waals surface area contributed by atoms with Crippen LogP contribution in [0.3, 0.4) is 0 Å². The lowest BCUT2D eigenvalue weighted by Gasteiger charge is -2.34. The molecule has 0 aromatic carbocycles. The number of piperidine rings is 1. The summed E-state index contributed by atoms with van der Waals surface area (Å²) in [5, 5.41) is 10.2. The molecule has 21 heavy (non-hydrogen) atoms. The molecule has 1 aromatic rings. The number of aliphatic hydroxyl groups excluding tert-OH is 1. The summed E-state index contributed by atoms with van der Waals surface area (Å²) in [5.41, 5.74) is -0.323. The van der Waals surface area contributed by atoms with Crippen molar-refractivity contribution in [2.45, 2.75) is 39.2 Å². The van der Waals surface area contributed by atoms with Gasteiger partial charge in [0.1, 0.15) is 5.56 Å². The second-order valence-corrected chi connectivity index (χ2v) is 6.12. The highest BCUT2D eigenvalue weighted by atomic mass is 16.3. The van der Waals surface area contributed by atoms with Crippen LogP contribution in [0, 0.1) is 11.8 Å². The van der Waals surface area contributed by atoms with E-state index in [0.717, 1.165) is 19.3 Å². The number of aromatic nitrogens is 2. The third kappa shape index (κ3) is 3.91. The number of aliphatic hydroxyl groups is 1. The summed E-state index contributed by atoms with van der Waals surface area (Å²) in [6.45, 7) is 5.34. The highest BCUT2D eigenvalue weighted by Crippen LogP contribution is 2.24. The molecule has 116 valence electrons. The Balaban J connectivity index is 1.94. The molecule has 1 saturated heterocycles. The van der Waals surface area contributed by atoms with Crippen LogP contribution in [0.1, 0.15) is 43.5 Å². The number of rotatable bonds is 4. The fraction of sp³-hybridized carbons (Fsp3) is 0.667. The van der Waals surface area contributed by atoms with Crippen molar-refractivity contribution >= 4 is 5.91 Å². The van der Waals surface area contributed by atoms with E-state index in [1.54, 1.807) is 4.90 Å². The van der Waals surface area contributed by atoms with Gasteiger partial charge in [-0.2, -0.15) is 0 Å². The van der Waals surface area contributed by atoms with E-state index in [9.17, 15) is 14.7 Å². The van der Waals surface area contributed by atoms with Crippen LogP contribution in [0.5, 0.6) is 0 Å². The highest BCUT2D eigenvalue weighted by molar-refractivity contribution is 5.93. The third-order valence-electron chi connectivity index (χ3n) is 4.03. The van der Waals surface area contributed by atoms with Gasteiger partial charge in [-0.25, -0.2) is 4.98 Å². The number of likely N-dealkylation sites (tertiary alicyclic amines) is 1. The Labute approximate surface area is 124 Å². The Morgan fingerprint density at radius 2 is 2.14 bits per heavy atom. The summed E-state index contributed by atoms with van der Waals surface area (Å²) >= 11 is 0. The molecule has 0 aliphatic carbocycles. The number of H-pyrrole nitrogens is 1. The largest absolute Gasteiger partial charge is 0.393 e. The summed E-state index contributed by atoms with van der Waals surface area (Å²) in [4.78, 5) is 31.8. The zero-order chi connectivity index (χ0) is 15.4. The molecule has 1 atom stereocenters. The van der Waals surface area contributed by atoms with Gasteiger partial charge < -0.3 is 15.0 Å². The summed E-state index contributed by atoms with van der Waals surface area (Å²) < 4.78 is 0. The molecule has 2 rings (SSSR count). The molecule has 0 radical (unpaired) electrons. The van der Waals surface area contributed by atoms with Crippen LogP contribution < -0.4 is 5.56 Å². The second kappa shape index (κ2) is 6.85. The zero-order valence-corrected chi connectivity index (χ0v) is 12.6. The topological polar surface area (TPSA) is 86.3 Å². The standard InChI is InChI=1S/C15H23N3O3/c1-10(2)7-13(19)11-3-5-18(6-4-11)15(21)12-8-16-9-17-14(12)20/h8-11,13,19H,3-7H2,1-2H3,(H,16,17,20). The van der Waals surface area contributed by atoms with Crippen LogP contribution in [0.2, 0.25) is 0 Å². The Bertz CT molecular complexity index is 533. The zero-order valence-electron chi connectivity index (χ0n) is 12.6. The molecule has 0 saturated carbocycles. The number of carbonyl (C=O) groups is 1. The van der Waals surface area contributed by atoms with E-state index in [-0.39, 0.29) is 23.5 Å². The number of aromatic amines is 1. The number of amides is 1. The lowest BCUT2D eigenvalue weighted by Crippen LogP contribution is -2.43. The first kappa shape index (κ1) is 15.7. The van der Waals surface area contributed by atoms with Gasteiger partial charge in [0.05, 0.1) is 12.4 Å². The molecule has 1 fully saturated rings. The third-order valence-corrected chi connectivity index (χ3v) is 4.03. The maximum Gasteiger partial charge on any atom is 0.263 e. The van der Waals surface area contributed by atoms with Crippen molar-refractivity contribution in [1.82, 2.24) is 14.9 Å². The molecule has 0 bridgehead atoms. The van der Waals surface area contributed by atoms with Crippen molar-refractivity contribution in [2.75, 3.05) is 13.1 Å². The smallest absolute Gasteiger partial charge is 0.263 e. The quantitative estimate of drug-likeness (QED) is 0.868. The Kier molecular flexibility index (Phi) is 5.12. The predicted octanol–water partition coefficient (Wildman–Crippen LogP) is 1.03. The van der Waals surface area contributed by atoms with Crippen LogP contribution >= 0.6 is 0 Å². The van der Waals surface area contributed by atoms with E-state index < -0.39 is 5.56 Å². The van der Waals surface area contributed by atoms with Gasteiger partial charge in [0.15, 0.2) is 0 Å². The monoisotopic (exact) mass is 293 g/mol. The van der Waals surface area contributed by atoms with E-state index in [0.29, 0.717) is 19.0 Å². The summed E-state index contributed by atoms with van der Waals surface area (Å²) in [6, 6.07) is 0. The molecule has 6 nitrogen and oxygen atoms in total. The minimum absolute atomic E-state index is 0.0821. The molecule has 1 amide bonds. The SMILES string of the molecule is CC(C)CC(O)C1CCN(C(=O)c2cnc[nH]c2=O)CC1. The van der Waals surface area contributed by atoms with Gasteiger partial charge in [0.25, 0.3) is 11.5 Å². The van der Waals surface area contributed by atoms with Crippen molar-refractivity contribution in [2.24, 2.45) is 11.8 Å². The van der Waals surface area contributed by atoms with Crippen LogP contribution in [-0.4, -0.2) is 45.1 Å². The molecular formula is C15H23N3O3. The average Bonchev–Trinajstić information content (AvgIpc) is 2.46. The number of hydrogen-bond donors (Lipinski definition) is 2. The Morgan fingerprint density at radius 3 is 2.71 bits per heavy atom. The maximum absolute atomic E-state index is 12.3. The van der Waals surface area contributed by atoms with Gasteiger partial charge in [-0.15, -0.1) is 0 Å². The minimum atomic E-state index is -0.406. The first-order valence-corrected chi connectivity index (χ1v) is 7.49. The summed E-state index contributed by atoms with van der Waals surface area (Å²) in [7, 11) is 0. The van der Waals surface area contributed by atoms with Crippen LogP contribution in [-0.2, 0) is 0 Å². The number of nitrogens with zero attached hydrogens (tertiary/aromatic N) is 2. The van der Waals surface area contributed by atoms with Gasteiger partial charge in [-0.3, -0.25) is 9.59 Å². The van der Waals surface area contributed by atoms with Crippen molar-refractivity contribution in [3.05, 3.63) is 28.4 Å². The average molecular weight is 293 g/mol. The van der Waals surface area contributed by atoms with Crippen molar-refractivity contribution in [3.8, 4) is 0 Å². The minimum Gasteiger partial charge on any atom is -0.393 e. The summed E-state index contributed by atoms with van der Waals surface area (Å²) in [5.74, 6) is 0.429. The van der Waals surface area contributed by atoms with Crippen molar-refractivity contribution in [3.63, 3.8) is 0 Å². The van der Waals surface area contributed by atoms with E-state index >= 15 is 0 Å². The fourth-order valence-electron chi connectivity index (χ4n) is 2.83. The molecule has 6 heteroatoms. The molecule has 1 aliphatic heterocycles. The summed E-state index contributed by atoms with van der Waals surface area (Å²) in [6.07, 6.45) is 4.62. The van der Waals surface area contributed by atoms with E-state index in [1.165, 1.54) is 12.5 Å². The molecule has 1 aromatic heterocycles. The Hall–Kier alpha value is -1.69. The van der Waals surface area contributed by atoms with E-state index in [1.807, 2.05) is 0 Å². The number of carbonyl (C=O) groups excluding carboxylic acids is 1. The van der Waals surface area contributed by atoms with Crippen LogP contribution in [0.25, 0.3) is 0 Å². The predicted molar refractivity (Wildman–Crippen MR) is 78.9 cm³/mol. The van der Waals surface area contributed by atoms with Gasteiger partial charge in [-0.05, 0) is 31.1 Å². The fourth-order valence-corrected chi connectivity index (χ4v) is 2.83. The molecular weight excluding hydrogens is 270 g/mol. The van der Waals surface area contributed by atoms with Gasteiger partial charge in [0, 0.05) is 19.3 Å². The first-order valence-electron chi connectivity index (χ1n) is 7.49. The maximum atomic E-state index is 12.3. The van der Waals surface area contributed by atoms with E-state index in [2.05, 4.69) is 23.8 Å². The second-order valence-electron chi connectivity index (χ2n) is 6.12. The lowest BCUT2D eigenvalue weighted by molar-refractivity contribution is 0.0384. The van der Waals surface area contributed by atoms with Crippen LogP contribution in [0.4, 0.5) is 0 Å². The Morgan fingerprint density at radius 1 is 1.48 bits per heavy atom. The van der Waals surface area contributed by atoms with E-state index in [4.69, 9.17) is 0 Å². The van der Waals surface area contributed by atoms with Crippen LogP contribution in [0.15, 0.2) is 17.3 Å². The van der Waals surface area contributed by atoms with Gasteiger partial charge >= 0.3 is 0 Å². The normalized spacial score (nSPS) is 18.0. The lowest BCUT2D eigenvalue weighted by atomic mass is 9.87. The molecule has 2 heterocycles. The first-order chi connectivity index (χ1) is 9.99. The number of hydrogen-bond acceptors (Lipinski definition) is 4. The van der Waals surface area contributed by atoms with Gasteiger partial charge in [-0.1, -0.05) is 13.8 Å². The van der Waals surface area contributed by atoms with Gasteiger partial charge in [0.2, 0.25) is 0 Å². The van der Waals surface area contributed by atoms with Crippen molar-refractivity contribution < 1.29 is 9.90 Å². The molecule has 2 N–H and O–H groups in total. The number of nitrogens with one attached hydrogen (secondary N) is 1. The molecule has 1 aliphatic rings. The molecule has 0 spiro atoms.